The van der Waals surface area contributed by atoms with E-state index in [1.54, 1.807) is 0 Å². The van der Waals surface area contributed by atoms with Crippen molar-refractivity contribution in [3.05, 3.63) is 35.9 Å². The van der Waals surface area contributed by atoms with Gasteiger partial charge in [0.05, 0.1) is 12.5 Å². The summed E-state index contributed by atoms with van der Waals surface area (Å²) in [5.41, 5.74) is 1.37. The highest BCUT2D eigenvalue weighted by Crippen LogP contribution is 2.14. The molecule has 1 N–H and O–H groups in total. The first-order valence-corrected chi connectivity index (χ1v) is 6.68. The maximum absolute atomic E-state index is 8.90. The molecule has 0 radical (unpaired) electrons. The molecule has 2 rings (SSSR count). The van der Waals surface area contributed by atoms with Crippen molar-refractivity contribution in [2.24, 2.45) is 0 Å². The van der Waals surface area contributed by atoms with Crippen molar-refractivity contribution in [3.8, 4) is 6.07 Å². The van der Waals surface area contributed by atoms with E-state index in [4.69, 9.17) is 5.26 Å². The van der Waals surface area contributed by atoms with Gasteiger partial charge in [-0.25, -0.2) is 0 Å². The maximum Gasteiger partial charge on any atom is 0.0638 e. The molecule has 1 aromatic carbocycles. The Morgan fingerprint density at radius 2 is 2.11 bits per heavy atom. The Balaban J connectivity index is 1.94. The number of piperazine rings is 1. The van der Waals surface area contributed by atoms with Crippen molar-refractivity contribution < 1.29 is 0 Å². The van der Waals surface area contributed by atoms with Crippen LogP contribution in [-0.2, 0) is 6.42 Å². The lowest BCUT2D eigenvalue weighted by molar-refractivity contribution is 0.110. The minimum Gasteiger partial charge on any atom is -0.314 e. The fraction of sp³-hybridized carbons (Fsp3) is 0.533. The first-order valence-electron chi connectivity index (χ1n) is 6.68. The molecule has 0 spiro atoms. The molecule has 2 unspecified atom stereocenters. The molecule has 1 aliphatic rings. The molecular formula is C15H21N3. The Kier molecular flexibility index (Phi) is 4.74. The lowest BCUT2D eigenvalue weighted by Crippen LogP contribution is -2.56. The van der Waals surface area contributed by atoms with E-state index in [1.807, 2.05) is 0 Å². The van der Waals surface area contributed by atoms with Crippen molar-refractivity contribution in [1.82, 2.24) is 10.2 Å². The Hall–Kier alpha value is -1.37. The summed E-state index contributed by atoms with van der Waals surface area (Å²) in [6.07, 6.45) is 1.68. The third-order valence-electron chi connectivity index (χ3n) is 3.68. The van der Waals surface area contributed by atoms with Gasteiger partial charge in [-0.3, -0.25) is 4.90 Å². The van der Waals surface area contributed by atoms with Crippen LogP contribution in [0.5, 0.6) is 0 Å². The summed E-state index contributed by atoms with van der Waals surface area (Å²) >= 11 is 0. The number of benzene rings is 1. The predicted molar refractivity (Wildman–Crippen MR) is 73.2 cm³/mol. The van der Waals surface area contributed by atoms with Gasteiger partial charge in [-0.1, -0.05) is 30.3 Å². The van der Waals surface area contributed by atoms with E-state index < -0.39 is 0 Å². The minimum absolute atomic E-state index is 0.363. The van der Waals surface area contributed by atoms with Crippen LogP contribution in [0.1, 0.15) is 18.9 Å². The highest BCUT2D eigenvalue weighted by molar-refractivity contribution is 5.15. The van der Waals surface area contributed by atoms with Crippen LogP contribution in [0.15, 0.2) is 30.3 Å². The molecule has 1 heterocycles. The fourth-order valence-corrected chi connectivity index (χ4v) is 2.65. The van der Waals surface area contributed by atoms with Gasteiger partial charge in [0.1, 0.15) is 0 Å². The topological polar surface area (TPSA) is 39.1 Å². The Morgan fingerprint density at radius 3 is 2.83 bits per heavy atom. The van der Waals surface area contributed by atoms with Gasteiger partial charge in [0, 0.05) is 31.7 Å². The lowest BCUT2D eigenvalue weighted by Gasteiger charge is -2.40. The normalized spacial score (nSPS) is 24.7. The number of nitriles is 1. The molecule has 0 saturated carbocycles. The molecule has 96 valence electrons. The quantitative estimate of drug-likeness (QED) is 0.876. The Bertz CT molecular complexity index is 396. The van der Waals surface area contributed by atoms with Crippen molar-refractivity contribution >= 4 is 0 Å². The molecule has 1 fully saturated rings. The van der Waals surface area contributed by atoms with Gasteiger partial charge in [-0.2, -0.15) is 5.26 Å². The first kappa shape index (κ1) is 13.1. The van der Waals surface area contributed by atoms with Crippen molar-refractivity contribution in [2.45, 2.75) is 31.8 Å². The van der Waals surface area contributed by atoms with Gasteiger partial charge in [0.25, 0.3) is 0 Å². The summed E-state index contributed by atoms with van der Waals surface area (Å²) < 4.78 is 0. The SMILES string of the molecule is CC1CNCC(CC#N)N1CCc1ccccc1. The monoisotopic (exact) mass is 243 g/mol. The molecule has 3 heteroatoms. The van der Waals surface area contributed by atoms with E-state index in [9.17, 15) is 0 Å². The molecule has 0 aromatic heterocycles. The minimum atomic E-state index is 0.363. The van der Waals surface area contributed by atoms with Gasteiger partial charge in [0.15, 0.2) is 0 Å². The predicted octanol–water partition coefficient (Wildman–Crippen LogP) is 1.81. The van der Waals surface area contributed by atoms with Crippen LogP contribution >= 0.6 is 0 Å². The van der Waals surface area contributed by atoms with E-state index in [2.05, 4.69) is 53.5 Å². The standard InChI is InChI=1S/C15H21N3/c1-13-11-17-12-15(7-9-16)18(13)10-8-14-5-3-2-4-6-14/h2-6,13,15,17H,7-8,10-12H2,1H3. The zero-order chi connectivity index (χ0) is 12.8. The number of hydrogen-bond donors (Lipinski definition) is 1. The summed E-state index contributed by atoms with van der Waals surface area (Å²) in [6, 6.07) is 13.8. The third kappa shape index (κ3) is 3.32. The van der Waals surface area contributed by atoms with Crippen LogP contribution in [-0.4, -0.2) is 36.6 Å². The van der Waals surface area contributed by atoms with E-state index in [0.29, 0.717) is 18.5 Å². The van der Waals surface area contributed by atoms with Crippen LogP contribution in [0, 0.1) is 11.3 Å². The summed E-state index contributed by atoms with van der Waals surface area (Å²) in [4.78, 5) is 2.48. The molecule has 1 aliphatic heterocycles. The smallest absolute Gasteiger partial charge is 0.0638 e. The van der Waals surface area contributed by atoms with Crippen molar-refractivity contribution in [2.75, 3.05) is 19.6 Å². The van der Waals surface area contributed by atoms with E-state index in [1.165, 1.54) is 5.56 Å². The Morgan fingerprint density at radius 1 is 1.33 bits per heavy atom. The summed E-state index contributed by atoms with van der Waals surface area (Å²) in [7, 11) is 0. The average Bonchev–Trinajstić information content (AvgIpc) is 2.40. The third-order valence-corrected chi connectivity index (χ3v) is 3.68. The largest absolute Gasteiger partial charge is 0.314 e. The summed E-state index contributed by atoms with van der Waals surface area (Å²) in [6.45, 7) is 5.24. The second-order valence-electron chi connectivity index (χ2n) is 5.00. The maximum atomic E-state index is 8.90. The highest BCUT2D eigenvalue weighted by atomic mass is 15.2. The van der Waals surface area contributed by atoms with E-state index in [-0.39, 0.29) is 0 Å². The van der Waals surface area contributed by atoms with Crippen LogP contribution in [0.2, 0.25) is 0 Å². The summed E-state index contributed by atoms with van der Waals surface area (Å²) in [5, 5.41) is 12.3. The summed E-state index contributed by atoms with van der Waals surface area (Å²) in [5.74, 6) is 0. The zero-order valence-electron chi connectivity index (χ0n) is 11.0. The van der Waals surface area contributed by atoms with Crippen molar-refractivity contribution in [1.29, 1.82) is 5.26 Å². The number of nitrogens with one attached hydrogen (secondary N) is 1. The first-order chi connectivity index (χ1) is 8.81. The lowest BCUT2D eigenvalue weighted by atomic mass is 10.0. The van der Waals surface area contributed by atoms with Gasteiger partial charge in [-0.05, 0) is 18.9 Å². The van der Waals surface area contributed by atoms with Crippen LogP contribution < -0.4 is 5.32 Å². The van der Waals surface area contributed by atoms with Gasteiger partial charge in [-0.15, -0.1) is 0 Å². The molecule has 0 aliphatic carbocycles. The molecular weight excluding hydrogens is 222 g/mol. The average molecular weight is 243 g/mol. The molecule has 18 heavy (non-hydrogen) atoms. The fourth-order valence-electron chi connectivity index (χ4n) is 2.65. The van der Waals surface area contributed by atoms with Crippen LogP contribution in [0.25, 0.3) is 0 Å². The number of hydrogen-bond acceptors (Lipinski definition) is 3. The molecule has 2 atom stereocenters. The van der Waals surface area contributed by atoms with Gasteiger partial charge >= 0.3 is 0 Å². The van der Waals surface area contributed by atoms with E-state index >= 15 is 0 Å². The second-order valence-corrected chi connectivity index (χ2v) is 5.00. The van der Waals surface area contributed by atoms with Crippen LogP contribution in [0.3, 0.4) is 0 Å². The zero-order valence-corrected chi connectivity index (χ0v) is 11.0. The van der Waals surface area contributed by atoms with Gasteiger partial charge < -0.3 is 5.32 Å². The van der Waals surface area contributed by atoms with Crippen LogP contribution in [0.4, 0.5) is 0 Å². The molecule has 1 aromatic rings. The Labute approximate surface area is 109 Å². The second kappa shape index (κ2) is 6.53. The van der Waals surface area contributed by atoms with Gasteiger partial charge in [0.2, 0.25) is 0 Å². The number of nitrogens with zero attached hydrogens (tertiary/aromatic N) is 2. The van der Waals surface area contributed by atoms with E-state index in [0.717, 1.165) is 26.1 Å². The molecule has 0 bridgehead atoms. The highest BCUT2D eigenvalue weighted by Gasteiger charge is 2.26. The molecule has 0 amide bonds. The van der Waals surface area contributed by atoms with Crippen molar-refractivity contribution in [3.63, 3.8) is 0 Å². The molecule has 3 nitrogen and oxygen atoms in total. The number of rotatable bonds is 4. The molecule has 1 saturated heterocycles.